The van der Waals surface area contributed by atoms with Gasteiger partial charge in [0.05, 0.1) is 18.7 Å². The highest BCUT2D eigenvalue weighted by atomic mass is 35.5. The van der Waals surface area contributed by atoms with E-state index < -0.39 is 0 Å². The molecule has 5 nitrogen and oxygen atoms in total. The van der Waals surface area contributed by atoms with Crippen LogP contribution in [0, 0.1) is 0 Å². The van der Waals surface area contributed by atoms with Crippen molar-refractivity contribution in [1.29, 1.82) is 0 Å². The molecule has 1 aromatic carbocycles. The van der Waals surface area contributed by atoms with Crippen molar-refractivity contribution in [1.82, 2.24) is 10.6 Å². The Bertz CT molecular complexity index is 442. The van der Waals surface area contributed by atoms with Crippen LogP contribution in [-0.2, 0) is 9.53 Å². The number of methoxy groups -OCH3 is 1. The first-order chi connectivity index (χ1) is 9.69. The summed E-state index contributed by atoms with van der Waals surface area (Å²) in [5.74, 6) is 0.728. The fraction of sp³-hybridized carbons (Fsp3) is 0.500. The van der Waals surface area contributed by atoms with Crippen molar-refractivity contribution in [3.8, 4) is 5.75 Å². The van der Waals surface area contributed by atoms with Crippen molar-refractivity contribution < 1.29 is 14.3 Å². The molecule has 118 valence electrons. The van der Waals surface area contributed by atoms with Crippen molar-refractivity contribution >= 4 is 29.9 Å². The van der Waals surface area contributed by atoms with Crippen LogP contribution in [0.3, 0.4) is 0 Å². The SMILES string of the molecule is CO[C@@H]1CN[C@@H](C(=O)NCCOc2ccc(Cl)cc2)C1.Cl. The molecule has 2 rings (SSSR count). The summed E-state index contributed by atoms with van der Waals surface area (Å²) in [4.78, 5) is 11.9. The van der Waals surface area contributed by atoms with E-state index in [1.54, 1.807) is 31.4 Å². The summed E-state index contributed by atoms with van der Waals surface area (Å²) in [6, 6.07) is 6.96. The zero-order valence-corrected chi connectivity index (χ0v) is 13.4. The van der Waals surface area contributed by atoms with Crippen molar-refractivity contribution in [2.75, 3.05) is 26.8 Å². The molecule has 1 aromatic rings. The highest BCUT2D eigenvalue weighted by Gasteiger charge is 2.28. The van der Waals surface area contributed by atoms with E-state index in [4.69, 9.17) is 21.1 Å². The number of ether oxygens (including phenoxy) is 2. The Morgan fingerprint density at radius 2 is 2.14 bits per heavy atom. The average molecular weight is 335 g/mol. The van der Waals surface area contributed by atoms with Gasteiger partial charge in [0.1, 0.15) is 12.4 Å². The van der Waals surface area contributed by atoms with Crippen molar-refractivity contribution in [2.24, 2.45) is 0 Å². The van der Waals surface area contributed by atoms with Crippen LogP contribution in [0.4, 0.5) is 0 Å². The van der Waals surface area contributed by atoms with Crippen molar-refractivity contribution in [3.05, 3.63) is 29.3 Å². The van der Waals surface area contributed by atoms with Gasteiger partial charge in [0.25, 0.3) is 0 Å². The van der Waals surface area contributed by atoms with E-state index in [0.29, 0.717) is 24.6 Å². The molecule has 0 saturated carbocycles. The first-order valence-electron chi connectivity index (χ1n) is 6.61. The van der Waals surface area contributed by atoms with Crippen LogP contribution in [0.2, 0.25) is 5.02 Å². The van der Waals surface area contributed by atoms with Crippen molar-refractivity contribution in [2.45, 2.75) is 18.6 Å². The van der Waals surface area contributed by atoms with E-state index in [1.807, 2.05) is 0 Å². The fourth-order valence-corrected chi connectivity index (χ4v) is 2.21. The predicted molar refractivity (Wildman–Crippen MR) is 84.4 cm³/mol. The van der Waals surface area contributed by atoms with Crippen LogP contribution in [0.25, 0.3) is 0 Å². The molecule has 1 aliphatic heterocycles. The first-order valence-corrected chi connectivity index (χ1v) is 6.99. The minimum Gasteiger partial charge on any atom is -0.492 e. The predicted octanol–water partition coefficient (Wildman–Crippen LogP) is 1.63. The second kappa shape index (κ2) is 9.10. The summed E-state index contributed by atoms with van der Waals surface area (Å²) >= 11 is 5.78. The summed E-state index contributed by atoms with van der Waals surface area (Å²) in [6.45, 7) is 1.61. The third-order valence-electron chi connectivity index (χ3n) is 3.22. The molecule has 0 unspecified atom stereocenters. The van der Waals surface area contributed by atoms with Crippen molar-refractivity contribution in [3.63, 3.8) is 0 Å². The lowest BCUT2D eigenvalue weighted by Crippen LogP contribution is -2.41. The van der Waals surface area contributed by atoms with E-state index in [2.05, 4.69) is 10.6 Å². The molecule has 1 heterocycles. The molecule has 1 amide bonds. The number of rotatable bonds is 6. The standard InChI is InChI=1S/C14H19ClN2O3.ClH/c1-19-12-8-13(17-9-12)14(18)16-6-7-20-11-4-2-10(15)3-5-11;/h2-5,12-13,17H,6-9H2,1H3,(H,16,18);1H/t12-,13+;/m0./s1. The fourth-order valence-electron chi connectivity index (χ4n) is 2.08. The summed E-state index contributed by atoms with van der Waals surface area (Å²) in [5.41, 5.74) is 0. The molecular weight excluding hydrogens is 315 g/mol. The number of hydrogen-bond donors (Lipinski definition) is 2. The lowest BCUT2D eigenvalue weighted by molar-refractivity contribution is -0.123. The van der Waals surface area contributed by atoms with E-state index in [9.17, 15) is 4.79 Å². The second-order valence-electron chi connectivity index (χ2n) is 4.65. The number of nitrogens with one attached hydrogen (secondary N) is 2. The van der Waals surface area contributed by atoms with Gasteiger partial charge in [-0.1, -0.05) is 11.6 Å². The van der Waals surface area contributed by atoms with Crippen LogP contribution in [-0.4, -0.2) is 44.9 Å². The van der Waals surface area contributed by atoms with Gasteiger partial charge in [-0.3, -0.25) is 4.79 Å². The van der Waals surface area contributed by atoms with E-state index in [-0.39, 0.29) is 30.5 Å². The first kappa shape index (κ1) is 18.0. The van der Waals surface area contributed by atoms with Crippen LogP contribution in [0.15, 0.2) is 24.3 Å². The Labute approximate surface area is 135 Å². The molecule has 0 aromatic heterocycles. The number of benzene rings is 1. The summed E-state index contributed by atoms with van der Waals surface area (Å²) in [7, 11) is 1.66. The molecule has 2 N–H and O–H groups in total. The summed E-state index contributed by atoms with van der Waals surface area (Å²) in [5, 5.41) is 6.64. The molecule has 0 aliphatic carbocycles. The van der Waals surface area contributed by atoms with E-state index in [0.717, 1.165) is 12.3 Å². The van der Waals surface area contributed by atoms with Gasteiger partial charge in [-0.05, 0) is 30.7 Å². The third kappa shape index (κ3) is 5.71. The molecule has 21 heavy (non-hydrogen) atoms. The van der Waals surface area contributed by atoms with Gasteiger partial charge < -0.3 is 20.1 Å². The second-order valence-corrected chi connectivity index (χ2v) is 5.08. The number of hydrogen-bond acceptors (Lipinski definition) is 4. The number of halogens is 2. The largest absolute Gasteiger partial charge is 0.492 e. The minimum absolute atomic E-state index is 0. The van der Waals surface area contributed by atoms with Crippen LogP contribution >= 0.6 is 24.0 Å². The number of carbonyl (C=O) groups excluding carboxylic acids is 1. The normalized spacial score (nSPS) is 20.7. The monoisotopic (exact) mass is 334 g/mol. The van der Waals surface area contributed by atoms with Gasteiger partial charge in [0, 0.05) is 18.7 Å². The zero-order chi connectivity index (χ0) is 14.4. The Kier molecular flexibility index (Phi) is 7.82. The number of carbonyl (C=O) groups is 1. The molecule has 2 atom stereocenters. The van der Waals surface area contributed by atoms with Gasteiger partial charge in [-0.25, -0.2) is 0 Å². The van der Waals surface area contributed by atoms with Crippen LogP contribution < -0.4 is 15.4 Å². The molecule has 0 spiro atoms. The molecule has 1 fully saturated rings. The van der Waals surface area contributed by atoms with Gasteiger partial charge in [0.2, 0.25) is 5.91 Å². The smallest absolute Gasteiger partial charge is 0.237 e. The molecule has 1 aliphatic rings. The molecule has 0 bridgehead atoms. The summed E-state index contributed by atoms with van der Waals surface area (Å²) in [6.07, 6.45) is 0.830. The molecule has 7 heteroatoms. The Morgan fingerprint density at radius 3 is 2.76 bits per heavy atom. The Morgan fingerprint density at radius 1 is 1.43 bits per heavy atom. The molecule has 0 radical (unpaired) electrons. The maximum atomic E-state index is 11.9. The van der Waals surface area contributed by atoms with E-state index >= 15 is 0 Å². The third-order valence-corrected chi connectivity index (χ3v) is 3.48. The van der Waals surface area contributed by atoms with Gasteiger partial charge in [-0.15, -0.1) is 12.4 Å². The Hall–Kier alpha value is -1.01. The Balaban J connectivity index is 0.00000220. The highest BCUT2D eigenvalue weighted by molar-refractivity contribution is 6.30. The lowest BCUT2D eigenvalue weighted by atomic mass is 10.2. The topological polar surface area (TPSA) is 59.6 Å². The van der Waals surface area contributed by atoms with Gasteiger partial charge >= 0.3 is 0 Å². The summed E-state index contributed by atoms with van der Waals surface area (Å²) < 4.78 is 10.7. The van der Waals surface area contributed by atoms with Gasteiger partial charge in [-0.2, -0.15) is 0 Å². The maximum Gasteiger partial charge on any atom is 0.237 e. The quantitative estimate of drug-likeness (QED) is 0.776. The highest BCUT2D eigenvalue weighted by Crippen LogP contribution is 2.15. The van der Waals surface area contributed by atoms with E-state index in [1.165, 1.54) is 0 Å². The van der Waals surface area contributed by atoms with Crippen LogP contribution in [0.5, 0.6) is 5.75 Å². The van der Waals surface area contributed by atoms with Gasteiger partial charge in [0.15, 0.2) is 0 Å². The molecular formula is C14H20Cl2N2O3. The lowest BCUT2D eigenvalue weighted by Gasteiger charge is -2.12. The maximum absolute atomic E-state index is 11.9. The minimum atomic E-state index is -0.171. The van der Waals surface area contributed by atoms with Crippen LogP contribution in [0.1, 0.15) is 6.42 Å². The number of amides is 1. The molecule has 1 saturated heterocycles. The zero-order valence-electron chi connectivity index (χ0n) is 11.8. The average Bonchev–Trinajstić information content (AvgIpc) is 2.94.